The number of carbonyl (C=O) groups is 1. The molecule has 0 fully saturated rings. The summed E-state index contributed by atoms with van der Waals surface area (Å²) in [6, 6.07) is 5.90. The molecular formula is C13H13FN2O2. The monoisotopic (exact) mass is 248 g/mol. The van der Waals surface area contributed by atoms with E-state index in [1.807, 2.05) is 0 Å². The van der Waals surface area contributed by atoms with Gasteiger partial charge in [-0.2, -0.15) is 5.10 Å². The predicted molar refractivity (Wildman–Crippen MR) is 64.7 cm³/mol. The molecule has 2 aromatic rings. The van der Waals surface area contributed by atoms with E-state index in [9.17, 15) is 9.18 Å². The van der Waals surface area contributed by atoms with Gasteiger partial charge in [0.1, 0.15) is 5.82 Å². The number of H-pyrrole nitrogens is 1. The van der Waals surface area contributed by atoms with Crippen molar-refractivity contribution in [2.75, 3.05) is 6.61 Å². The Labute approximate surface area is 104 Å². The van der Waals surface area contributed by atoms with Crippen molar-refractivity contribution in [3.63, 3.8) is 0 Å². The summed E-state index contributed by atoms with van der Waals surface area (Å²) in [6.45, 7) is 3.82. The lowest BCUT2D eigenvalue weighted by molar-refractivity contribution is 0.0520. The molecule has 5 heteroatoms. The number of esters is 1. The maximum absolute atomic E-state index is 12.9. The van der Waals surface area contributed by atoms with Crippen LogP contribution >= 0.6 is 0 Å². The number of rotatable bonds is 3. The van der Waals surface area contributed by atoms with Crippen LogP contribution in [-0.4, -0.2) is 22.8 Å². The zero-order chi connectivity index (χ0) is 13.1. The van der Waals surface area contributed by atoms with Crippen molar-refractivity contribution in [3.8, 4) is 11.1 Å². The molecule has 0 bridgehead atoms. The Kier molecular flexibility index (Phi) is 3.41. The summed E-state index contributed by atoms with van der Waals surface area (Å²) in [4.78, 5) is 11.7. The highest BCUT2D eigenvalue weighted by molar-refractivity contribution is 5.96. The number of aryl methyl sites for hydroxylation is 1. The van der Waals surface area contributed by atoms with Gasteiger partial charge >= 0.3 is 5.97 Å². The van der Waals surface area contributed by atoms with E-state index in [0.717, 1.165) is 11.3 Å². The summed E-state index contributed by atoms with van der Waals surface area (Å²) in [5, 5.41) is 6.68. The molecule has 1 aromatic carbocycles. The Morgan fingerprint density at radius 1 is 1.39 bits per heavy atom. The van der Waals surface area contributed by atoms with Crippen LogP contribution in [0, 0.1) is 12.7 Å². The molecule has 0 spiro atoms. The van der Waals surface area contributed by atoms with Crippen LogP contribution in [0.4, 0.5) is 4.39 Å². The fourth-order valence-corrected chi connectivity index (χ4v) is 1.75. The first-order valence-corrected chi connectivity index (χ1v) is 5.61. The van der Waals surface area contributed by atoms with Crippen molar-refractivity contribution >= 4 is 5.97 Å². The third-order valence-corrected chi connectivity index (χ3v) is 2.55. The van der Waals surface area contributed by atoms with Crippen LogP contribution < -0.4 is 0 Å². The first kappa shape index (κ1) is 12.3. The van der Waals surface area contributed by atoms with Gasteiger partial charge in [-0.25, -0.2) is 9.18 Å². The summed E-state index contributed by atoms with van der Waals surface area (Å²) in [7, 11) is 0. The molecule has 0 aliphatic rings. The molecule has 0 atom stereocenters. The van der Waals surface area contributed by atoms with Crippen molar-refractivity contribution in [1.82, 2.24) is 10.2 Å². The van der Waals surface area contributed by atoms with E-state index in [-0.39, 0.29) is 18.1 Å². The lowest BCUT2D eigenvalue weighted by Gasteiger charge is -2.04. The van der Waals surface area contributed by atoms with Gasteiger partial charge in [0.15, 0.2) is 5.69 Å². The van der Waals surface area contributed by atoms with Crippen molar-refractivity contribution < 1.29 is 13.9 Å². The van der Waals surface area contributed by atoms with Crippen molar-refractivity contribution in [3.05, 3.63) is 41.5 Å². The molecule has 0 radical (unpaired) electrons. The number of aromatic nitrogens is 2. The molecule has 0 saturated heterocycles. The Balaban J connectivity index is 2.46. The fraction of sp³-hybridized carbons (Fsp3) is 0.231. The number of carbonyl (C=O) groups excluding carboxylic acids is 1. The molecular weight excluding hydrogens is 235 g/mol. The van der Waals surface area contributed by atoms with Gasteiger partial charge in [0, 0.05) is 11.3 Å². The zero-order valence-electron chi connectivity index (χ0n) is 10.2. The molecule has 0 aliphatic carbocycles. The van der Waals surface area contributed by atoms with E-state index in [2.05, 4.69) is 10.2 Å². The van der Waals surface area contributed by atoms with E-state index in [1.54, 1.807) is 26.0 Å². The summed E-state index contributed by atoms with van der Waals surface area (Å²) in [5.74, 6) is -0.807. The van der Waals surface area contributed by atoms with Gasteiger partial charge in [0.25, 0.3) is 0 Å². The maximum Gasteiger partial charge on any atom is 0.359 e. The normalized spacial score (nSPS) is 10.4. The Hall–Kier alpha value is -2.17. The number of aromatic amines is 1. The minimum absolute atomic E-state index is 0.223. The van der Waals surface area contributed by atoms with E-state index >= 15 is 0 Å². The number of nitrogens with one attached hydrogen (secondary N) is 1. The number of nitrogens with zero attached hydrogens (tertiary/aromatic N) is 1. The maximum atomic E-state index is 12.9. The summed E-state index contributed by atoms with van der Waals surface area (Å²) in [6.07, 6.45) is 0. The first-order chi connectivity index (χ1) is 8.63. The lowest BCUT2D eigenvalue weighted by Crippen LogP contribution is -2.06. The van der Waals surface area contributed by atoms with Crippen LogP contribution in [-0.2, 0) is 4.74 Å². The third-order valence-electron chi connectivity index (χ3n) is 2.55. The number of halogens is 1. The molecule has 94 valence electrons. The van der Waals surface area contributed by atoms with E-state index in [0.29, 0.717) is 5.56 Å². The van der Waals surface area contributed by atoms with E-state index < -0.39 is 5.97 Å². The van der Waals surface area contributed by atoms with Gasteiger partial charge in [-0.3, -0.25) is 5.10 Å². The van der Waals surface area contributed by atoms with Crippen molar-refractivity contribution in [2.24, 2.45) is 0 Å². The molecule has 2 rings (SSSR count). The molecule has 18 heavy (non-hydrogen) atoms. The van der Waals surface area contributed by atoms with Crippen LogP contribution in [0.1, 0.15) is 23.1 Å². The largest absolute Gasteiger partial charge is 0.461 e. The Bertz CT molecular complexity index is 561. The van der Waals surface area contributed by atoms with Crippen molar-refractivity contribution in [1.29, 1.82) is 0 Å². The number of hydrogen-bond acceptors (Lipinski definition) is 3. The summed E-state index contributed by atoms with van der Waals surface area (Å²) < 4.78 is 17.8. The average molecular weight is 248 g/mol. The highest BCUT2D eigenvalue weighted by Crippen LogP contribution is 2.26. The topological polar surface area (TPSA) is 55.0 Å². The smallest absolute Gasteiger partial charge is 0.359 e. The number of hydrogen-bond donors (Lipinski definition) is 1. The highest BCUT2D eigenvalue weighted by Gasteiger charge is 2.19. The van der Waals surface area contributed by atoms with Crippen LogP contribution in [0.5, 0.6) is 0 Å². The van der Waals surface area contributed by atoms with Crippen LogP contribution in [0.15, 0.2) is 24.3 Å². The third kappa shape index (κ3) is 2.25. The number of benzene rings is 1. The second-order valence-corrected chi connectivity index (χ2v) is 3.80. The van der Waals surface area contributed by atoms with E-state index in [1.165, 1.54) is 12.1 Å². The van der Waals surface area contributed by atoms with Gasteiger partial charge in [-0.05, 0) is 31.5 Å². The molecule has 1 N–H and O–H groups in total. The minimum Gasteiger partial charge on any atom is -0.461 e. The SMILES string of the molecule is CCOC(=O)c1n[nH]c(C)c1-c1ccc(F)cc1. The van der Waals surface area contributed by atoms with Crippen molar-refractivity contribution in [2.45, 2.75) is 13.8 Å². The molecule has 1 heterocycles. The first-order valence-electron chi connectivity index (χ1n) is 5.61. The highest BCUT2D eigenvalue weighted by atomic mass is 19.1. The molecule has 0 amide bonds. The quantitative estimate of drug-likeness (QED) is 0.850. The summed E-state index contributed by atoms with van der Waals surface area (Å²) in [5.41, 5.74) is 2.34. The van der Waals surface area contributed by atoms with Gasteiger partial charge < -0.3 is 4.74 Å². The molecule has 0 aliphatic heterocycles. The second-order valence-electron chi connectivity index (χ2n) is 3.80. The summed E-state index contributed by atoms with van der Waals surface area (Å²) >= 11 is 0. The van der Waals surface area contributed by atoms with Gasteiger partial charge in [0.2, 0.25) is 0 Å². The van der Waals surface area contributed by atoms with Crippen LogP contribution in [0.2, 0.25) is 0 Å². The molecule has 4 nitrogen and oxygen atoms in total. The molecule has 1 aromatic heterocycles. The standard InChI is InChI=1S/C13H13FN2O2/c1-3-18-13(17)12-11(8(2)15-16-12)9-4-6-10(14)7-5-9/h4-7H,3H2,1-2H3,(H,15,16). The molecule has 0 saturated carbocycles. The van der Waals surface area contributed by atoms with Gasteiger partial charge in [0.05, 0.1) is 6.61 Å². The predicted octanol–water partition coefficient (Wildman–Crippen LogP) is 2.70. The van der Waals surface area contributed by atoms with Crippen LogP contribution in [0.3, 0.4) is 0 Å². The average Bonchev–Trinajstić information content (AvgIpc) is 2.73. The Morgan fingerprint density at radius 3 is 2.67 bits per heavy atom. The Morgan fingerprint density at radius 2 is 2.06 bits per heavy atom. The van der Waals surface area contributed by atoms with E-state index in [4.69, 9.17) is 4.74 Å². The fourth-order valence-electron chi connectivity index (χ4n) is 1.75. The zero-order valence-corrected chi connectivity index (χ0v) is 10.2. The minimum atomic E-state index is -0.485. The number of ether oxygens (including phenoxy) is 1. The van der Waals surface area contributed by atoms with Crippen LogP contribution in [0.25, 0.3) is 11.1 Å². The molecule has 0 unspecified atom stereocenters. The lowest BCUT2D eigenvalue weighted by atomic mass is 10.0. The van der Waals surface area contributed by atoms with Gasteiger partial charge in [-0.15, -0.1) is 0 Å². The second kappa shape index (κ2) is 5.00. The van der Waals surface area contributed by atoms with Gasteiger partial charge in [-0.1, -0.05) is 12.1 Å².